The van der Waals surface area contributed by atoms with Gasteiger partial charge in [-0.1, -0.05) is 0 Å². The highest BCUT2D eigenvalue weighted by atomic mass is 19.1. The van der Waals surface area contributed by atoms with E-state index in [4.69, 9.17) is 4.74 Å². The van der Waals surface area contributed by atoms with Gasteiger partial charge in [0.05, 0.1) is 0 Å². The molecule has 0 spiro atoms. The van der Waals surface area contributed by atoms with Crippen molar-refractivity contribution in [2.45, 2.75) is 26.5 Å². The third-order valence-corrected chi connectivity index (χ3v) is 2.80. The number of hydrogen-bond acceptors (Lipinski definition) is 2. The Balaban J connectivity index is 2.21. The highest BCUT2D eigenvalue weighted by Crippen LogP contribution is 2.17. The molecule has 0 saturated heterocycles. The molecule has 0 bridgehead atoms. The lowest BCUT2D eigenvalue weighted by Gasteiger charge is -2.14. The van der Waals surface area contributed by atoms with Crippen LogP contribution in [-0.4, -0.2) is 16.2 Å². The maximum Gasteiger partial charge on any atom is 0.137 e. The normalized spacial score (nSPS) is 12.6. The van der Waals surface area contributed by atoms with Crippen LogP contribution in [0.3, 0.4) is 0 Å². The zero-order valence-electron chi connectivity index (χ0n) is 10.9. The fraction of sp³-hybridized carbons (Fsp3) is 0.357. The molecule has 2 rings (SSSR count). The summed E-state index contributed by atoms with van der Waals surface area (Å²) in [6.07, 6.45) is 3.27. The van der Waals surface area contributed by atoms with Crippen molar-refractivity contribution in [3.8, 4) is 0 Å². The first-order valence-electron chi connectivity index (χ1n) is 6.17. The van der Waals surface area contributed by atoms with Gasteiger partial charge in [-0.05, 0) is 31.5 Å². The van der Waals surface area contributed by atoms with E-state index in [2.05, 4.69) is 4.98 Å². The molecule has 0 radical (unpaired) electrons. The van der Waals surface area contributed by atoms with Gasteiger partial charge in [-0.25, -0.2) is 13.8 Å². The Morgan fingerprint density at radius 2 is 1.95 bits per heavy atom. The molecule has 1 heterocycles. The first kappa shape index (κ1) is 13.7. The highest BCUT2D eigenvalue weighted by molar-refractivity contribution is 5.19. The van der Waals surface area contributed by atoms with Gasteiger partial charge < -0.3 is 9.30 Å². The predicted octanol–water partition coefficient (Wildman–Crippen LogP) is 3.31. The maximum absolute atomic E-state index is 13.1. The van der Waals surface area contributed by atoms with Crippen molar-refractivity contribution < 1.29 is 13.5 Å². The average Bonchev–Trinajstić information content (AvgIpc) is 2.76. The standard InChI is InChI=1S/C14H16F2N2O/c1-3-19-10(2)14-17-4-5-18(14)9-11-6-12(15)8-13(16)7-11/h4-8,10H,3,9H2,1-2H3/t10-/m0/s1. The number of halogens is 2. The number of aromatic nitrogens is 2. The Labute approximate surface area is 110 Å². The van der Waals surface area contributed by atoms with Gasteiger partial charge in [-0.15, -0.1) is 0 Å². The highest BCUT2D eigenvalue weighted by Gasteiger charge is 2.12. The van der Waals surface area contributed by atoms with Crippen molar-refractivity contribution in [1.82, 2.24) is 9.55 Å². The number of imidazole rings is 1. The summed E-state index contributed by atoms with van der Waals surface area (Å²) < 4.78 is 33.6. The molecule has 1 aromatic carbocycles. The second kappa shape index (κ2) is 5.93. The van der Waals surface area contributed by atoms with Gasteiger partial charge in [0.15, 0.2) is 0 Å². The Hall–Kier alpha value is -1.75. The topological polar surface area (TPSA) is 27.1 Å². The average molecular weight is 266 g/mol. The summed E-state index contributed by atoms with van der Waals surface area (Å²) in [4.78, 5) is 4.23. The van der Waals surface area contributed by atoms with E-state index >= 15 is 0 Å². The minimum absolute atomic E-state index is 0.154. The Morgan fingerprint density at radius 1 is 1.26 bits per heavy atom. The van der Waals surface area contributed by atoms with Crippen LogP contribution in [0.4, 0.5) is 8.78 Å². The third kappa shape index (κ3) is 3.38. The van der Waals surface area contributed by atoms with E-state index in [9.17, 15) is 8.78 Å². The molecule has 2 aromatic rings. The molecule has 0 unspecified atom stereocenters. The van der Waals surface area contributed by atoms with Crippen molar-refractivity contribution in [3.63, 3.8) is 0 Å². The molecule has 0 aliphatic rings. The minimum atomic E-state index is -0.575. The van der Waals surface area contributed by atoms with Gasteiger partial charge in [0, 0.05) is 31.6 Å². The summed E-state index contributed by atoms with van der Waals surface area (Å²) in [5, 5.41) is 0. The van der Waals surface area contributed by atoms with Gasteiger partial charge in [0.25, 0.3) is 0 Å². The second-order valence-corrected chi connectivity index (χ2v) is 4.29. The summed E-state index contributed by atoms with van der Waals surface area (Å²) in [6.45, 7) is 4.75. The van der Waals surface area contributed by atoms with Crippen LogP contribution in [0.5, 0.6) is 0 Å². The van der Waals surface area contributed by atoms with Crippen molar-refractivity contribution in [2.24, 2.45) is 0 Å². The Bertz CT molecular complexity index is 534. The monoisotopic (exact) mass is 266 g/mol. The van der Waals surface area contributed by atoms with Crippen LogP contribution in [0, 0.1) is 11.6 Å². The molecule has 0 saturated carbocycles. The number of benzene rings is 1. The van der Waals surface area contributed by atoms with Crippen LogP contribution >= 0.6 is 0 Å². The summed E-state index contributed by atoms with van der Waals surface area (Å²) >= 11 is 0. The molecule has 1 aromatic heterocycles. The first-order chi connectivity index (χ1) is 9.10. The number of hydrogen-bond donors (Lipinski definition) is 0. The molecule has 3 nitrogen and oxygen atoms in total. The van der Waals surface area contributed by atoms with Gasteiger partial charge in [0.2, 0.25) is 0 Å². The first-order valence-corrected chi connectivity index (χ1v) is 6.17. The molecular formula is C14H16F2N2O. The zero-order valence-corrected chi connectivity index (χ0v) is 10.9. The van der Waals surface area contributed by atoms with E-state index in [-0.39, 0.29) is 6.10 Å². The largest absolute Gasteiger partial charge is 0.371 e. The predicted molar refractivity (Wildman–Crippen MR) is 67.7 cm³/mol. The van der Waals surface area contributed by atoms with Crippen LogP contribution in [0.2, 0.25) is 0 Å². The summed E-state index contributed by atoms with van der Waals surface area (Å²) in [6, 6.07) is 3.50. The van der Waals surface area contributed by atoms with E-state index < -0.39 is 11.6 Å². The Kier molecular flexibility index (Phi) is 4.27. The molecule has 1 atom stereocenters. The lowest BCUT2D eigenvalue weighted by atomic mass is 10.2. The maximum atomic E-state index is 13.1. The zero-order chi connectivity index (χ0) is 13.8. The van der Waals surface area contributed by atoms with E-state index in [1.54, 1.807) is 12.4 Å². The second-order valence-electron chi connectivity index (χ2n) is 4.29. The minimum Gasteiger partial charge on any atom is -0.371 e. The fourth-order valence-electron chi connectivity index (χ4n) is 2.04. The van der Waals surface area contributed by atoms with Crippen molar-refractivity contribution >= 4 is 0 Å². The van der Waals surface area contributed by atoms with Crippen LogP contribution in [-0.2, 0) is 11.3 Å². The fourth-order valence-corrected chi connectivity index (χ4v) is 2.04. The molecule has 0 fully saturated rings. The molecular weight excluding hydrogens is 250 g/mol. The molecule has 0 N–H and O–H groups in total. The van der Waals surface area contributed by atoms with Crippen molar-refractivity contribution in [1.29, 1.82) is 0 Å². The molecule has 19 heavy (non-hydrogen) atoms. The molecule has 0 amide bonds. The molecule has 102 valence electrons. The number of rotatable bonds is 5. The summed E-state index contributed by atoms with van der Waals surface area (Å²) in [7, 11) is 0. The third-order valence-electron chi connectivity index (χ3n) is 2.80. The van der Waals surface area contributed by atoms with Crippen LogP contribution in [0.25, 0.3) is 0 Å². The SMILES string of the molecule is CCO[C@@H](C)c1nccn1Cc1cc(F)cc(F)c1. The Morgan fingerprint density at radius 3 is 2.58 bits per heavy atom. The van der Waals surface area contributed by atoms with Gasteiger partial charge in [-0.2, -0.15) is 0 Å². The van der Waals surface area contributed by atoms with Crippen LogP contribution in [0.1, 0.15) is 31.3 Å². The molecule has 0 aliphatic carbocycles. The molecule has 5 heteroatoms. The van der Waals surface area contributed by atoms with Gasteiger partial charge >= 0.3 is 0 Å². The van der Waals surface area contributed by atoms with Gasteiger partial charge in [-0.3, -0.25) is 0 Å². The van der Waals surface area contributed by atoms with Gasteiger partial charge in [0.1, 0.15) is 23.6 Å². The quantitative estimate of drug-likeness (QED) is 0.830. The van der Waals surface area contributed by atoms with Crippen LogP contribution in [0.15, 0.2) is 30.6 Å². The van der Waals surface area contributed by atoms with E-state index in [0.717, 1.165) is 11.9 Å². The number of nitrogens with zero attached hydrogens (tertiary/aromatic N) is 2. The lowest BCUT2D eigenvalue weighted by molar-refractivity contribution is 0.0677. The smallest absolute Gasteiger partial charge is 0.137 e. The van der Waals surface area contributed by atoms with E-state index in [1.807, 2.05) is 18.4 Å². The lowest BCUT2D eigenvalue weighted by Crippen LogP contribution is -2.10. The molecule has 0 aliphatic heterocycles. The van der Waals surface area contributed by atoms with E-state index in [0.29, 0.717) is 18.7 Å². The van der Waals surface area contributed by atoms with E-state index in [1.165, 1.54) is 12.1 Å². The summed E-state index contributed by atoms with van der Waals surface area (Å²) in [5.41, 5.74) is 0.556. The number of ether oxygens (including phenoxy) is 1. The van der Waals surface area contributed by atoms with Crippen molar-refractivity contribution in [3.05, 3.63) is 53.6 Å². The van der Waals surface area contributed by atoms with Crippen molar-refractivity contribution in [2.75, 3.05) is 6.61 Å². The van der Waals surface area contributed by atoms with Crippen LogP contribution < -0.4 is 0 Å². The summed E-state index contributed by atoms with van der Waals surface area (Å²) in [5.74, 6) is -0.407.